The summed E-state index contributed by atoms with van der Waals surface area (Å²) in [7, 11) is 0. The molecule has 0 aliphatic heterocycles. The molecule has 0 unspecified atom stereocenters. The van der Waals surface area contributed by atoms with Crippen molar-refractivity contribution in [3.05, 3.63) is 40.1 Å². The van der Waals surface area contributed by atoms with E-state index in [1.807, 2.05) is 24.3 Å². The Morgan fingerprint density at radius 3 is 2.71 bits per heavy atom. The molecule has 0 atom stereocenters. The second kappa shape index (κ2) is 4.96. The van der Waals surface area contributed by atoms with Crippen LogP contribution in [0.3, 0.4) is 0 Å². The van der Waals surface area contributed by atoms with E-state index in [9.17, 15) is 4.79 Å². The minimum Gasteiger partial charge on any atom is -0.455 e. The Kier molecular flexibility index (Phi) is 3.38. The van der Waals surface area contributed by atoms with Gasteiger partial charge in [0.1, 0.15) is 6.61 Å². The molecule has 7 heteroatoms. The Bertz CT molecular complexity index is 523. The Labute approximate surface area is 105 Å². The number of nitrogens with one attached hydrogen (secondary N) is 1. The summed E-state index contributed by atoms with van der Waals surface area (Å²) in [6, 6.07) is 7.45. The lowest BCUT2D eigenvalue weighted by atomic mass is 10.2. The molecule has 0 aliphatic carbocycles. The summed E-state index contributed by atoms with van der Waals surface area (Å²) >= 11 is 3.32. The Balaban J connectivity index is 1.94. The average Bonchev–Trinajstić information content (AvgIpc) is 2.75. The number of halogens is 1. The highest BCUT2D eigenvalue weighted by molar-refractivity contribution is 9.10. The van der Waals surface area contributed by atoms with Crippen molar-refractivity contribution >= 4 is 27.8 Å². The topological polar surface area (TPSA) is 93.9 Å². The monoisotopic (exact) mass is 296 g/mol. The van der Waals surface area contributed by atoms with Crippen LogP contribution in [-0.4, -0.2) is 21.2 Å². The molecule has 0 spiro atoms. The van der Waals surface area contributed by atoms with Crippen LogP contribution in [0.15, 0.2) is 28.7 Å². The number of ether oxygens (including phenoxy) is 1. The van der Waals surface area contributed by atoms with Gasteiger partial charge in [0.05, 0.1) is 0 Å². The summed E-state index contributed by atoms with van der Waals surface area (Å²) in [4.78, 5) is 15.1. The number of nitrogen functional groups attached to an aromatic ring is 1. The number of H-pyrrole nitrogens is 1. The summed E-state index contributed by atoms with van der Waals surface area (Å²) < 4.78 is 5.99. The zero-order valence-corrected chi connectivity index (χ0v) is 10.3. The second-order valence-corrected chi connectivity index (χ2v) is 4.16. The maximum absolute atomic E-state index is 11.5. The molecule has 88 valence electrons. The highest BCUT2D eigenvalue weighted by atomic mass is 79.9. The van der Waals surface area contributed by atoms with E-state index in [1.165, 1.54) is 0 Å². The molecule has 2 rings (SSSR count). The quantitative estimate of drug-likeness (QED) is 0.837. The van der Waals surface area contributed by atoms with E-state index in [0.29, 0.717) is 0 Å². The number of aromatic amines is 1. The van der Waals surface area contributed by atoms with Gasteiger partial charge in [0.25, 0.3) is 0 Å². The molecule has 1 aromatic carbocycles. The lowest BCUT2D eigenvalue weighted by molar-refractivity contribution is 0.0459. The van der Waals surface area contributed by atoms with Crippen LogP contribution < -0.4 is 5.73 Å². The van der Waals surface area contributed by atoms with Crippen molar-refractivity contribution in [2.24, 2.45) is 0 Å². The summed E-state index contributed by atoms with van der Waals surface area (Å²) in [6.45, 7) is 0.173. The van der Waals surface area contributed by atoms with Gasteiger partial charge in [-0.25, -0.2) is 4.79 Å². The Hall–Kier alpha value is -1.89. The molecule has 0 saturated heterocycles. The first-order valence-corrected chi connectivity index (χ1v) is 5.54. The number of rotatable bonds is 3. The van der Waals surface area contributed by atoms with Gasteiger partial charge in [-0.2, -0.15) is 4.98 Å². The number of carbonyl (C=O) groups excluding carboxylic acids is 1. The zero-order valence-electron chi connectivity index (χ0n) is 8.68. The van der Waals surface area contributed by atoms with Crippen LogP contribution in [0.2, 0.25) is 0 Å². The summed E-state index contributed by atoms with van der Waals surface area (Å²) in [6.07, 6.45) is 0. The molecule has 6 nitrogen and oxygen atoms in total. The van der Waals surface area contributed by atoms with Crippen LogP contribution in [0.1, 0.15) is 16.2 Å². The number of benzene rings is 1. The molecular formula is C10H9BrN4O2. The molecule has 0 amide bonds. The minimum atomic E-state index is -0.586. The van der Waals surface area contributed by atoms with Crippen molar-refractivity contribution in [3.8, 4) is 0 Å². The van der Waals surface area contributed by atoms with Gasteiger partial charge in [-0.1, -0.05) is 28.1 Å². The van der Waals surface area contributed by atoms with E-state index in [1.54, 1.807) is 0 Å². The first kappa shape index (κ1) is 11.6. The van der Waals surface area contributed by atoms with E-state index in [-0.39, 0.29) is 18.4 Å². The molecule has 3 N–H and O–H groups in total. The van der Waals surface area contributed by atoms with E-state index in [2.05, 4.69) is 31.1 Å². The minimum absolute atomic E-state index is 0.000360. The highest BCUT2D eigenvalue weighted by Gasteiger charge is 2.12. The number of hydrogen-bond acceptors (Lipinski definition) is 5. The molecule has 1 heterocycles. The van der Waals surface area contributed by atoms with Crippen molar-refractivity contribution in [2.75, 3.05) is 5.73 Å². The molecule has 17 heavy (non-hydrogen) atoms. The number of esters is 1. The van der Waals surface area contributed by atoms with Gasteiger partial charge in [-0.3, -0.25) is 5.10 Å². The summed E-state index contributed by atoms with van der Waals surface area (Å²) in [5.41, 5.74) is 6.16. The normalized spacial score (nSPS) is 10.2. The smallest absolute Gasteiger partial charge is 0.376 e. The lowest BCUT2D eigenvalue weighted by Crippen LogP contribution is -2.07. The fraction of sp³-hybridized carbons (Fsp3) is 0.100. The number of nitrogens with zero attached hydrogens (tertiary/aromatic N) is 2. The molecule has 1 aromatic heterocycles. The fourth-order valence-electron chi connectivity index (χ4n) is 1.16. The maximum Gasteiger partial charge on any atom is 0.376 e. The van der Waals surface area contributed by atoms with Gasteiger partial charge < -0.3 is 10.5 Å². The number of aromatic nitrogens is 3. The van der Waals surface area contributed by atoms with Crippen molar-refractivity contribution in [1.82, 2.24) is 15.2 Å². The predicted molar refractivity (Wildman–Crippen MR) is 64.1 cm³/mol. The van der Waals surface area contributed by atoms with Gasteiger partial charge in [0.15, 0.2) is 0 Å². The number of carbonyl (C=O) groups is 1. The molecule has 0 radical (unpaired) electrons. The van der Waals surface area contributed by atoms with Crippen LogP contribution >= 0.6 is 15.9 Å². The number of anilines is 1. The van der Waals surface area contributed by atoms with Gasteiger partial charge in [0.2, 0.25) is 11.8 Å². The van der Waals surface area contributed by atoms with Crippen LogP contribution in [0.25, 0.3) is 0 Å². The third-order valence-electron chi connectivity index (χ3n) is 1.98. The summed E-state index contributed by atoms with van der Waals surface area (Å²) in [5.74, 6) is -0.572. The first-order chi connectivity index (χ1) is 8.15. The standard InChI is InChI=1S/C10H9BrN4O2/c11-7-3-1-6(2-4-7)5-17-9(16)8-13-10(12)15-14-8/h1-4H,5H2,(H3,12,13,14,15). The fourth-order valence-corrected chi connectivity index (χ4v) is 1.43. The SMILES string of the molecule is Nc1n[nH]c(C(=O)OCc2ccc(Br)cc2)n1. The third kappa shape index (κ3) is 3.04. The van der Waals surface area contributed by atoms with Crippen LogP contribution in [0.5, 0.6) is 0 Å². The van der Waals surface area contributed by atoms with Crippen LogP contribution in [0.4, 0.5) is 5.95 Å². The molecule has 0 bridgehead atoms. The third-order valence-corrected chi connectivity index (χ3v) is 2.51. The van der Waals surface area contributed by atoms with E-state index >= 15 is 0 Å². The van der Waals surface area contributed by atoms with Crippen LogP contribution in [0, 0.1) is 0 Å². The molecule has 0 saturated carbocycles. The van der Waals surface area contributed by atoms with E-state index in [4.69, 9.17) is 10.5 Å². The molecule has 0 aliphatic rings. The van der Waals surface area contributed by atoms with Crippen molar-refractivity contribution < 1.29 is 9.53 Å². The second-order valence-electron chi connectivity index (χ2n) is 3.24. The van der Waals surface area contributed by atoms with Gasteiger partial charge in [0, 0.05) is 4.47 Å². The average molecular weight is 297 g/mol. The highest BCUT2D eigenvalue weighted by Crippen LogP contribution is 2.11. The Morgan fingerprint density at radius 2 is 2.12 bits per heavy atom. The van der Waals surface area contributed by atoms with Crippen LogP contribution in [-0.2, 0) is 11.3 Å². The zero-order chi connectivity index (χ0) is 12.3. The van der Waals surface area contributed by atoms with Crippen molar-refractivity contribution in [3.63, 3.8) is 0 Å². The largest absolute Gasteiger partial charge is 0.455 e. The number of nitrogens with two attached hydrogens (primary N) is 1. The maximum atomic E-state index is 11.5. The van der Waals surface area contributed by atoms with Gasteiger partial charge in [-0.15, -0.1) is 5.10 Å². The van der Waals surface area contributed by atoms with E-state index in [0.717, 1.165) is 10.0 Å². The van der Waals surface area contributed by atoms with Gasteiger partial charge in [-0.05, 0) is 17.7 Å². The lowest BCUT2D eigenvalue weighted by Gasteiger charge is -2.02. The van der Waals surface area contributed by atoms with E-state index < -0.39 is 5.97 Å². The molecule has 2 aromatic rings. The summed E-state index contributed by atoms with van der Waals surface area (Å²) in [5, 5.41) is 5.92. The van der Waals surface area contributed by atoms with Crippen molar-refractivity contribution in [1.29, 1.82) is 0 Å². The molecule has 0 fully saturated rings. The van der Waals surface area contributed by atoms with Crippen molar-refractivity contribution in [2.45, 2.75) is 6.61 Å². The number of hydrogen-bond donors (Lipinski definition) is 2. The molecular weight excluding hydrogens is 288 g/mol. The van der Waals surface area contributed by atoms with Gasteiger partial charge >= 0.3 is 5.97 Å². The predicted octanol–water partition coefficient (Wildman–Crippen LogP) is 1.51. The first-order valence-electron chi connectivity index (χ1n) is 4.74. The Morgan fingerprint density at radius 1 is 1.41 bits per heavy atom.